The number of hydrogen-bond donors (Lipinski definition) is 2. The Morgan fingerprint density at radius 2 is 1.68 bits per heavy atom. The number of nitrogens with one attached hydrogen (secondary N) is 2. The highest BCUT2D eigenvalue weighted by Gasteiger charge is 2.22. The molecule has 3 nitrogen and oxygen atoms in total. The molecule has 2 aromatic rings. The van der Waals surface area contributed by atoms with Crippen LogP contribution in [0.2, 0.25) is 0 Å². The summed E-state index contributed by atoms with van der Waals surface area (Å²) in [6, 6.07) is 18.6. The Labute approximate surface area is 131 Å². The van der Waals surface area contributed by atoms with Crippen molar-refractivity contribution in [1.29, 1.82) is 0 Å². The van der Waals surface area contributed by atoms with Gasteiger partial charge in [-0.1, -0.05) is 66.7 Å². The summed E-state index contributed by atoms with van der Waals surface area (Å²) in [6.45, 7) is 1.50. The zero-order chi connectivity index (χ0) is 15.2. The molecule has 0 spiro atoms. The second-order valence-electron chi connectivity index (χ2n) is 5.50. The van der Waals surface area contributed by atoms with Crippen LogP contribution >= 0.6 is 0 Å². The van der Waals surface area contributed by atoms with Crippen molar-refractivity contribution >= 4 is 18.1 Å². The Morgan fingerprint density at radius 3 is 2.32 bits per heavy atom. The van der Waals surface area contributed by atoms with Gasteiger partial charge in [-0.2, -0.15) is 0 Å². The molecule has 0 aliphatic carbocycles. The van der Waals surface area contributed by atoms with Crippen molar-refractivity contribution in [2.24, 2.45) is 0 Å². The van der Waals surface area contributed by atoms with E-state index in [2.05, 4.69) is 59.2 Å². The van der Waals surface area contributed by atoms with Crippen LogP contribution in [0.3, 0.4) is 0 Å². The van der Waals surface area contributed by atoms with Crippen LogP contribution in [0, 0.1) is 0 Å². The minimum Gasteiger partial charge on any atom is -0.355 e. The van der Waals surface area contributed by atoms with Gasteiger partial charge in [-0.15, -0.1) is 0 Å². The van der Waals surface area contributed by atoms with E-state index in [0.29, 0.717) is 0 Å². The highest BCUT2D eigenvalue weighted by molar-refractivity contribution is 5.83. The van der Waals surface area contributed by atoms with Gasteiger partial charge in [-0.05, 0) is 23.1 Å². The quantitative estimate of drug-likeness (QED) is 0.832. The minimum atomic E-state index is -0.0438. The Morgan fingerprint density at radius 1 is 1.00 bits per heavy atom. The van der Waals surface area contributed by atoms with Gasteiger partial charge in [0, 0.05) is 13.1 Å². The van der Waals surface area contributed by atoms with Crippen LogP contribution in [-0.2, 0) is 11.3 Å². The van der Waals surface area contributed by atoms with E-state index in [1.165, 1.54) is 16.7 Å². The fourth-order valence-corrected chi connectivity index (χ4v) is 2.53. The molecular weight excluding hydrogens is 272 g/mol. The molecule has 3 rings (SSSR count). The van der Waals surface area contributed by atoms with Gasteiger partial charge in [0.1, 0.15) is 0 Å². The average Bonchev–Trinajstić information content (AvgIpc) is 2.98. The largest absolute Gasteiger partial charge is 0.355 e. The molecule has 0 bridgehead atoms. The average molecular weight is 292 g/mol. The number of rotatable bonds is 5. The predicted molar refractivity (Wildman–Crippen MR) is 90.1 cm³/mol. The summed E-state index contributed by atoms with van der Waals surface area (Å²) in [6.07, 6.45) is 5.09. The smallest absolute Gasteiger partial charge is 0.237 e. The van der Waals surface area contributed by atoms with Crippen molar-refractivity contribution in [3.63, 3.8) is 0 Å². The van der Waals surface area contributed by atoms with Crippen LogP contribution in [0.1, 0.15) is 23.1 Å². The highest BCUT2D eigenvalue weighted by atomic mass is 16.2. The topological polar surface area (TPSA) is 41.1 Å². The van der Waals surface area contributed by atoms with Crippen molar-refractivity contribution in [2.45, 2.75) is 19.0 Å². The van der Waals surface area contributed by atoms with E-state index in [0.717, 1.165) is 19.5 Å². The SMILES string of the molecule is O=C1NCCC1NCc1ccc(C=Cc2ccccc2)cc1. The molecule has 1 fully saturated rings. The maximum absolute atomic E-state index is 11.5. The lowest BCUT2D eigenvalue weighted by Crippen LogP contribution is -2.35. The lowest BCUT2D eigenvalue weighted by atomic mass is 10.1. The molecule has 22 heavy (non-hydrogen) atoms. The molecule has 1 amide bonds. The first kappa shape index (κ1) is 14.5. The van der Waals surface area contributed by atoms with Gasteiger partial charge in [0.2, 0.25) is 5.91 Å². The van der Waals surface area contributed by atoms with E-state index in [9.17, 15) is 4.79 Å². The molecule has 1 unspecified atom stereocenters. The summed E-state index contributed by atoms with van der Waals surface area (Å²) >= 11 is 0. The third-order valence-corrected chi connectivity index (χ3v) is 3.85. The molecule has 1 heterocycles. The van der Waals surface area contributed by atoms with Crippen LogP contribution in [0.5, 0.6) is 0 Å². The zero-order valence-corrected chi connectivity index (χ0v) is 12.5. The fraction of sp³-hybridized carbons (Fsp3) is 0.211. The first-order chi connectivity index (χ1) is 10.8. The van der Waals surface area contributed by atoms with E-state index in [4.69, 9.17) is 0 Å². The standard InChI is InChI=1S/C19H20N2O/c22-19-18(12-13-20-19)21-14-17-10-8-16(9-11-17)7-6-15-4-2-1-3-5-15/h1-11,18,21H,12-14H2,(H,20,22). The molecule has 1 saturated heterocycles. The molecule has 0 saturated carbocycles. The third-order valence-electron chi connectivity index (χ3n) is 3.85. The van der Waals surface area contributed by atoms with Crippen molar-refractivity contribution in [2.75, 3.05) is 6.54 Å². The first-order valence-electron chi connectivity index (χ1n) is 7.64. The summed E-state index contributed by atoms with van der Waals surface area (Å²) < 4.78 is 0. The second kappa shape index (κ2) is 7.05. The molecule has 1 atom stereocenters. The number of carbonyl (C=O) groups excluding carboxylic acids is 1. The lowest BCUT2D eigenvalue weighted by molar-refractivity contribution is -0.120. The van der Waals surface area contributed by atoms with Gasteiger partial charge >= 0.3 is 0 Å². The Bertz CT molecular complexity index is 647. The number of carbonyl (C=O) groups is 1. The van der Waals surface area contributed by atoms with Crippen LogP contribution in [0.15, 0.2) is 54.6 Å². The second-order valence-corrected chi connectivity index (χ2v) is 5.50. The van der Waals surface area contributed by atoms with Gasteiger partial charge in [0.05, 0.1) is 6.04 Å². The summed E-state index contributed by atoms with van der Waals surface area (Å²) in [4.78, 5) is 11.5. The Hall–Kier alpha value is -2.39. The van der Waals surface area contributed by atoms with Crippen molar-refractivity contribution in [1.82, 2.24) is 10.6 Å². The third kappa shape index (κ3) is 3.83. The maximum Gasteiger partial charge on any atom is 0.237 e. The summed E-state index contributed by atoms with van der Waals surface area (Å²) in [5.74, 6) is 0.113. The minimum absolute atomic E-state index is 0.0438. The maximum atomic E-state index is 11.5. The number of amides is 1. The monoisotopic (exact) mass is 292 g/mol. The molecule has 1 aliphatic rings. The lowest BCUT2D eigenvalue weighted by Gasteiger charge is -2.09. The molecule has 1 aliphatic heterocycles. The molecule has 0 aromatic heterocycles. The van der Waals surface area contributed by atoms with Crippen molar-refractivity contribution < 1.29 is 4.79 Å². The molecule has 2 aromatic carbocycles. The van der Waals surface area contributed by atoms with Crippen LogP contribution in [-0.4, -0.2) is 18.5 Å². The van der Waals surface area contributed by atoms with Gasteiger partial charge in [0.15, 0.2) is 0 Å². The Kier molecular flexibility index (Phi) is 4.66. The number of hydrogen-bond acceptors (Lipinski definition) is 2. The van der Waals surface area contributed by atoms with Crippen LogP contribution < -0.4 is 10.6 Å². The summed E-state index contributed by atoms with van der Waals surface area (Å²) in [7, 11) is 0. The molecule has 0 radical (unpaired) electrons. The molecule has 3 heteroatoms. The molecular formula is C19H20N2O. The van der Waals surface area contributed by atoms with Crippen molar-refractivity contribution in [3.8, 4) is 0 Å². The number of benzene rings is 2. The van der Waals surface area contributed by atoms with E-state index in [-0.39, 0.29) is 11.9 Å². The van der Waals surface area contributed by atoms with Gasteiger partial charge in [-0.3, -0.25) is 4.79 Å². The predicted octanol–water partition coefficient (Wildman–Crippen LogP) is 2.84. The van der Waals surface area contributed by atoms with Crippen LogP contribution in [0.25, 0.3) is 12.2 Å². The van der Waals surface area contributed by atoms with Crippen molar-refractivity contribution in [3.05, 3.63) is 71.3 Å². The summed E-state index contributed by atoms with van der Waals surface area (Å²) in [5, 5.41) is 6.13. The van der Waals surface area contributed by atoms with E-state index in [1.807, 2.05) is 18.2 Å². The van der Waals surface area contributed by atoms with E-state index in [1.54, 1.807) is 0 Å². The fourth-order valence-electron chi connectivity index (χ4n) is 2.53. The molecule has 112 valence electrons. The van der Waals surface area contributed by atoms with Gasteiger partial charge in [0.25, 0.3) is 0 Å². The first-order valence-corrected chi connectivity index (χ1v) is 7.64. The molecule has 2 N–H and O–H groups in total. The Balaban J connectivity index is 1.56. The zero-order valence-electron chi connectivity index (χ0n) is 12.5. The van der Waals surface area contributed by atoms with Gasteiger partial charge in [-0.25, -0.2) is 0 Å². The van der Waals surface area contributed by atoms with E-state index < -0.39 is 0 Å². The highest BCUT2D eigenvalue weighted by Crippen LogP contribution is 2.10. The normalized spacial score (nSPS) is 17.8. The van der Waals surface area contributed by atoms with E-state index >= 15 is 0 Å². The summed E-state index contributed by atoms with van der Waals surface area (Å²) in [5.41, 5.74) is 3.56. The van der Waals surface area contributed by atoms with Gasteiger partial charge < -0.3 is 10.6 Å². The van der Waals surface area contributed by atoms with Crippen LogP contribution in [0.4, 0.5) is 0 Å².